The minimum Gasteiger partial charge on any atom is -0.463 e. The monoisotopic (exact) mass is 416 g/mol. The van der Waals surface area contributed by atoms with Gasteiger partial charge in [-0.2, -0.15) is 0 Å². The molecule has 2 aromatic rings. The van der Waals surface area contributed by atoms with Gasteiger partial charge in [-0.1, -0.05) is 30.8 Å². The zero-order valence-electron chi connectivity index (χ0n) is 16.1. The van der Waals surface area contributed by atoms with Crippen molar-refractivity contribution in [1.82, 2.24) is 9.97 Å². The third-order valence-electron chi connectivity index (χ3n) is 4.43. The number of nitrogens with one attached hydrogen (secondary N) is 2. The molecule has 0 amide bonds. The van der Waals surface area contributed by atoms with Crippen LogP contribution in [-0.2, 0) is 9.53 Å². The molecule has 0 fully saturated rings. The van der Waals surface area contributed by atoms with Crippen LogP contribution in [0, 0.1) is 10.1 Å². The number of H-pyrrole nitrogens is 1. The molecule has 0 saturated carbocycles. The number of thioether (sulfide) groups is 1. The first-order valence-corrected chi connectivity index (χ1v) is 10.0. The van der Waals surface area contributed by atoms with Gasteiger partial charge in [-0.05, 0) is 25.2 Å². The van der Waals surface area contributed by atoms with E-state index in [9.17, 15) is 19.7 Å². The Hall–Kier alpha value is -3.14. The highest BCUT2D eigenvalue weighted by Crippen LogP contribution is 2.40. The second-order valence-electron chi connectivity index (χ2n) is 6.23. The molecule has 1 unspecified atom stereocenters. The summed E-state index contributed by atoms with van der Waals surface area (Å²) in [6.45, 7) is 5.53. The zero-order chi connectivity index (χ0) is 21.1. The topological polar surface area (TPSA) is 127 Å². The van der Waals surface area contributed by atoms with Gasteiger partial charge in [-0.3, -0.25) is 14.9 Å². The summed E-state index contributed by atoms with van der Waals surface area (Å²) in [6.07, 6.45) is 0. The lowest BCUT2D eigenvalue weighted by atomic mass is 9.82. The van der Waals surface area contributed by atoms with Crippen molar-refractivity contribution in [3.05, 3.63) is 67.1 Å². The van der Waals surface area contributed by atoms with Gasteiger partial charge in [-0.15, -0.1) is 0 Å². The average Bonchev–Trinajstić information content (AvgIpc) is 2.67. The van der Waals surface area contributed by atoms with E-state index < -0.39 is 16.8 Å². The SMILES string of the molecule is CCOC(=O)C1=C(C)Nc2nc(SCC)[nH]c(=O)c2C1c1ccc([N+](=O)[O-])cc1. The maximum absolute atomic E-state index is 12.9. The predicted molar refractivity (Wildman–Crippen MR) is 109 cm³/mol. The average molecular weight is 416 g/mol. The standard InChI is InChI=1S/C19H20N4O5S/c1-4-28-18(25)13-10(3)20-16-15(17(24)22-19(21-16)29-5-2)14(13)11-6-8-12(9-7-11)23(26)27/h6-9,14H,4-5H2,1-3H3,(H2,20,21,22,24). The van der Waals surface area contributed by atoms with Gasteiger partial charge in [0, 0.05) is 17.8 Å². The highest BCUT2D eigenvalue weighted by Gasteiger charge is 2.36. The fraction of sp³-hybridized carbons (Fsp3) is 0.316. The summed E-state index contributed by atoms with van der Waals surface area (Å²) in [5.41, 5.74) is 1.16. The minimum atomic E-state index is -0.761. The number of anilines is 1. The Morgan fingerprint density at radius 1 is 1.31 bits per heavy atom. The molecule has 2 N–H and O–H groups in total. The van der Waals surface area contributed by atoms with Crippen LogP contribution in [0.15, 0.2) is 45.5 Å². The van der Waals surface area contributed by atoms with Gasteiger partial charge in [0.15, 0.2) is 5.16 Å². The number of hydrogen-bond acceptors (Lipinski definition) is 8. The quantitative estimate of drug-likeness (QED) is 0.242. The number of esters is 1. The van der Waals surface area contributed by atoms with E-state index in [1.807, 2.05) is 6.92 Å². The van der Waals surface area contributed by atoms with Crippen LogP contribution in [-0.4, -0.2) is 33.2 Å². The fourth-order valence-electron chi connectivity index (χ4n) is 3.24. The van der Waals surface area contributed by atoms with E-state index >= 15 is 0 Å². The van der Waals surface area contributed by atoms with Gasteiger partial charge in [0.1, 0.15) is 5.82 Å². The van der Waals surface area contributed by atoms with Crippen molar-refractivity contribution in [2.45, 2.75) is 31.8 Å². The van der Waals surface area contributed by atoms with E-state index in [1.54, 1.807) is 26.0 Å². The van der Waals surface area contributed by atoms with Gasteiger partial charge in [0.05, 0.1) is 28.6 Å². The first kappa shape index (κ1) is 20.6. The van der Waals surface area contributed by atoms with E-state index in [2.05, 4.69) is 15.3 Å². The number of benzene rings is 1. The largest absolute Gasteiger partial charge is 0.463 e. The molecule has 3 rings (SSSR count). The number of fused-ring (bicyclic) bond motifs is 1. The maximum Gasteiger partial charge on any atom is 0.336 e. The Morgan fingerprint density at radius 2 is 2.00 bits per heavy atom. The number of non-ortho nitro benzene ring substituents is 1. The summed E-state index contributed by atoms with van der Waals surface area (Å²) in [5, 5.41) is 14.5. The summed E-state index contributed by atoms with van der Waals surface area (Å²) < 4.78 is 5.20. The van der Waals surface area contributed by atoms with Crippen LogP contribution in [0.2, 0.25) is 0 Å². The highest BCUT2D eigenvalue weighted by molar-refractivity contribution is 7.99. The van der Waals surface area contributed by atoms with E-state index in [1.165, 1.54) is 23.9 Å². The van der Waals surface area contributed by atoms with Crippen molar-refractivity contribution >= 4 is 29.2 Å². The Bertz CT molecular complexity index is 1050. The second-order valence-corrected chi connectivity index (χ2v) is 7.48. The Balaban J connectivity index is 2.21. The van der Waals surface area contributed by atoms with Gasteiger partial charge < -0.3 is 15.0 Å². The second kappa shape index (κ2) is 8.48. The smallest absolute Gasteiger partial charge is 0.336 e. The van der Waals surface area contributed by atoms with Crippen molar-refractivity contribution in [1.29, 1.82) is 0 Å². The summed E-state index contributed by atoms with van der Waals surface area (Å²) in [7, 11) is 0. The fourth-order valence-corrected chi connectivity index (χ4v) is 3.83. The number of carbonyl (C=O) groups is 1. The lowest BCUT2D eigenvalue weighted by Gasteiger charge is -2.28. The Kier molecular flexibility index (Phi) is 6.02. The van der Waals surface area contributed by atoms with Crippen LogP contribution in [0.1, 0.15) is 37.8 Å². The first-order chi connectivity index (χ1) is 13.9. The molecule has 1 aromatic carbocycles. The van der Waals surface area contributed by atoms with Crippen molar-refractivity contribution in [2.24, 2.45) is 0 Å². The summed E-state index contributed by atoms with van der Waals surface area (Å²) in [6, 6.07) is 5.77. The molecular weight excluding hydrogens is 396 g/mol. The van der Waals surface area contributed by atoms with Crippen LogP contribution in [0.25, 0.3) is 0 Å². The molecular formula is C19H20N4O5S. The lowest BCUT2D eigenvalue weighted by molar-refractivity contribution is -0.384. The molecule has 29 heavy (non-hydrogen) atoms. The number of nitro benzene ring substituents is 1. The molecule has 1 aliphatic rings. The van der Waals surface area contributed by atoms with Crippen molar-refractivity contribution < 1.29 is 14.5 Å². The molecule has 0 radical (unpaired) electrons. The van der Waals surface area contributed by atoms with Crippen molar-refractivity contribution in [3.63, 3.8) is 0 Å². The number of nitro groups is 1. The number of carbonyl (C=O) groups excluding carboxylic acids is 1. The molecule has 0 spiro atoms. The maximum atomic E-state index is 12.9. The number of aromatic amines is 1. The molecule has 9 nitrogen and oxygen atoms in total. The third kappa shape index (κ3) is 4.02. The van der Waals surface area contributed by atoms with Gasteiger partial charge in [0.25, 0.3) is 11.2 Å². The molecule has 1 atom stereocenters. The normalized spacial score (nSPS) is 15.5. The lowest BCUT2D eigenvalue weighted by Crippen LogP contribution is -2.31. The van der Waals surface area contributed by atoms with Crippen LogP contribution < -0.4 is 10.9 Å². The van der Waals surface area contributed by atoms with Crippen molar-refractivity contribution in [3.8, 4) is 0 Å². The van der Waals surface area contributed by atoms with Gasteiger partial charge in [0.2, 0.25) is 0 Å². The van der Waals surface area contributed by atoms with Crippen molar-refractivity contribution in [2.75, 3.05) is 17.7 Å². The highest BCUT2D eigenvalue weighted by atomic mass is 32.2. The van der Waals surface area contributed by atoms with E-state index in [0.717, 1.165) is 5.75 Å². The predicted octanol–water partition coefficient (Wildman–Crippen LogP) is 3.18. The van der Waals surface area contributed by atoms with Gasteiger partial charge >= 0.3 is 5.97 Å². The third-order valence-corrected chi connectivity index (χ3v) is 5.19. The van der Waals surface area contributed by atoms with E-state index in [4.69, 9.17) is 4.74 Å². The van der Waals surface area contributed by atoms with Crippen LogP contribution in [0.4, 0.5) is 11.5 Å². The van der Waals surface area contributed by atoms with Crippen LogP contribution >= 0.6 is 11.8 Å². The molecule has 10 heteroatoms. The number of rotatable bonds is 6. The summed E-state index contributed by atoms with van der Waals surface area (Å²) >= 11 is 1.39. The molecule has 0 bridgehead atoms. The number of hydrogen-bond donors (Lipinski definition) is 2. The molecule has 0 aliphatic carbocycles. The van der Waals surface area contributed by atoms with Gasteiger partial charge in [-0.25, -0.2) is 9.78 Å². The molecule has 1 aromatic heterocycles. The van der Waals surface area contributed by atoms with Crippen LogP contribution in [0.3, 0.4) is 0 Å². The summed E-state index contributed by atoms with van der Waals surface area (Å²) in [5.74, 6) is -0.226. The molecule has 1 aliphatic heterocycles. The zero-order valence-corrected chi connectivity index (χ0v) is 17.0. The number of aromatic nitrogens is 2. The Labute approximate surface area is 170 Å². The van der Waals surface area contributed by atoms with E-state index in [0.29, 0.717) is 22.2 Å². The number of ether oxygens (including phenoxy) is 1. The molecule has 152 valence electrons. The molecule has 2 heterocycles. The van der Waals surface area contributed by atoms with Crippen LogP contribution in [0.5, 0.6) is 0 Å². The number of nitrogens with zero attached hydrogens (tertiary/aromatic N) is 2. The minimum absolute atomic E-state index is 0.0805. The number of allylic oxidation sites excluding steroid dienone is 1. The first-order valence-electron chi connectivity index (χ1n) is 9.03. The van der Waals surface area contributed by atoms with E-state index in [-0.39, 0.29) is 29.0 Å². The molecule has 0 saturated heterocycles. The Morgan fingerprint density at radius 3 is 2.59 bits per heavy atom. The summed E-state index contributed by atoms with van der Waals surface area (Å²) in [4.78, 5) is 43.3.